The number of nitrogens with zero attached hydrogens (tertiary/aromatic N) is 3. The quantitative estimate of drug-likeness (QED) is 0.651. The maximum absolute atomic E-state index is 12.2. The van der Waals surface area contributed by atoms with Crippen molar-refractivity contribution < 1.29 is 14.3 Å². The number of carbonyl (C=O) groups is 2. The van der Waals surface area contributed by atoms with Gasteiger partial charge in [0.15, 0.2) is 0 Å². The van der Waals surface area contributed by atoms with Gasteiger partial charge in [0.05, 0.1) is 7.11 Å². The van der Waals surface area contributed by atoms with E-state index in [9.17, 15) is 14.9 Å². The Labute approximate surface area is 151 Å². The fourth-order valence-electron chi connectivity index (χ4n) is 2.40. The summed E-state index contributed by atoms with van der Waals surface area (Å²) in [5.74, 6) is -0.460. The number of halogens is 1. The second-order valence-corrected chi connectivity index (χ2v) is 5.83. The van der Waals surface area contributed by atoms with E-state index in [1.807, 2.05) is 29.2 Å². The van der Waals surface area contributed by atoms with Crippen molar-refractivity contribution >= 4 is 23.6 Å². The van der Waals surface area contributed by atoms with E-state index >= 15 is 0 Å². The zero-order valence-corrected chi connectivity index (χ0v) is 14.6. The van der Waals surface area contributed by atoms with Crippen LogP contribution in [-0.2, 0) is 16.1 Å². The largest absolute Gasteiger partial charge is 0.453 e. The molecule has 2 rings (SSSR count). The first-order valence-electron chi connectivity index (χ1n) is 7.75. The van der Waals surface area contributed by atoms with Crippen molar-refractivity contribution in [3.8, 4) is 6.07 Å². The lowest BCUT2D eigenvalue weighted by atomic mass is 10.2. The molecule has 25 heavy (non-hydrogen) atoms. The Balaban J connectivity index is 1.92. The van der Waals surface area contributed by atoms with Gasteiger partial charge in [0.25, 0.3) is 5.91 Å². The molecule has 0 unspecified atom stereocenters. The van der Waals surface area contributed by atoms with Crippen molar-refractivity contribution in [1.29, 1.82) is 5.26 Å². The molecule has 0 radical (unpaired) electrons. The first kappa shape index (κ1) is 18.6. The van der Waals surface area contributed by atoms with Crippen LogP contribution >= 0.6 is 11.6 Å². The summed E-state index contributed by atoms with van der Waals surface area (Å²) in [7, 11) is 1.34. The third kappa shape index (κ3) is 5.13. The molecule has 1 aromatic carbocycles. The molecule has 1 aliphatic heterocycles. The van der Waals surface area contributed by atoms with Crippen LogP contribution in [0.4, 0.5) is 4.79 Å². The number of benzene rings is 1. The molecule has 0 saturated carbocycles. The lowest BCUT2D eigenvalue weighted by Gasteiger charge is -2.33. The second kappa shape index (κ2) is 8.94. The fourth-order valence-corrected chi connectivity index (χ4v) is 2.60. The van der Waals surface area contributed by atoms with Crippen molar-refractivity contribution in [2.24, 2.45) is 0 Å². The van der Waals surface area contributed by atoms with Crippen molar-refractivity contribution in [2.45, 2.75) is 6.54 Å². The Morgan fingerprint density at radius 3 is 2.60 bits per heavy atom. The van der Waals surface area contributed by atoms with Gasteiger partial charge in [0.2, 0.25) is 0 Å². The maximum atomic E-state index is 12.2. The SMILES string of the molecule is COC(=O)N1CCN(/C=C(/C#N)C(=O)NCc2ccccc2Cl)CC1. The van der Waals surface area contributed by atoms with Gasteiger partial charge in [-0.1, -0.05) is 29.8 Å². The van der Waals surface area contributed by atoms with Gasteiger partial charge < -0.3 is 19.9 Å². The summed E-state index contributed by atoms with van der Waals surface area (Å²) in [6.07, 6.45) is 1.15. The molecule has 1 saturated heterocycles. The summed E-state index contributed by atoms with van der Waals surface area (Å²) >= 11 is 6.05. The number of nitrogens with one attached hydrogen (secondary N) is 1. The molecule has 0 aliphatic carbocycles. The highest BCUT2D eigenvalue weighted by molar-refractivity contribution is 6.31. The molecule has 0 bridgehead atoms. The minimum absolute atomic E-state index is 0.0126. The number of hydrogen-bond donors (Lipinski definition) is 1. The van der Waals surface area contributed by atoms with Gasteiger partial charge in [-0.25, -0.2) is 4.79 Å². The molecule has 1 aliphatic rings. The molecule has 1 N–H and O–H groups in total. The number of methoxy groups -OCH3 is 1. The molecule has 1 aromatic rings. The normalized spacial score (nSPS) is 14.7. The first-order valence-corrected chi connectivity index (χ1v) is 8.13. The molecule has 132 valence electrons. The standard InChI is InChI=1S/C17H19ClN4O3/c1-25-17(24)22-8-6-21(7-9-22)12-14(10-19)16(23)20-11-13-4-2-3-5-15(13)18/h2-5,12H,6-9,11H2,1H3,(H,20,23)/b14-12-. The third-order valence-electron chi connectivity index (χ3n) is 3.82. The maximum Gasteiger partial charge on any atom is 0.409 e. The molecule has 0 spiro atoms. The lowest BCUT2D eigenvalue weighted by Crippen LogP contribution is -2.47. The van der Waals surface area contributed by atoms with E-state index in [2.05, 4.69) is 10.1 Å². The van der Waals surface area contributed by atoms with Crippen LogP contribution < -0.4 is 5.32 Å². The van der Waals surface area contributed by atoms with Crippen LogP contribution in [0.2, 0.25) is 5.02 Å². The fraction of sp³-hybridized carbons (Fsp3) is 0.353. The molecule has 1 heterocycles. The highest BCUT2D eigenvalue weighted by Crippen LogP contribution is 2.14. The van der Waals surface area contributed by atoms with E-state index in [0.29, 0.717) is 31.2 Å². The van der Waals surface area contributed by atoms with Gasteiger partial charge in [0.1, 0.15) is 11.6 Å². The Bertz CT molecular complexity index is 706. The summed E-state index contributed by atoms with van der Waals surface area (Å²) in [4.78, 5) is 27.1. The Kier molecular flexibility index (Phi) is 6.66. The van der Waals surface area contributed by atoms with E-state index in [1.54, 1.807) is 11.0 Å². The monoisotopic (exact) mass is 362 g/mol. The van der Waals surface area contributed by atoms with Gasteiger partial charge in [-0.05, 0) is 11.6 Å². The van der Waals surface area contributed by atoms with E-state index in [4.69, 9.17) is 11.6 Å². The Morgan fingerprint density at radius 2 is 2.00 bits per heavy atom. The minimum Gasteiger partial charge on any atom is -0.453 e. The van der Waals surface area contributed by atoms with Gasteiger partial charge >= 0.3 is 6.09 Å². The van der Waals surface area contributed by atoms with Crippen molar-refractivity contribution in [2.75, 3.05) is 33.3 Å². The van der Waals surface area contributed by atoms with Crippen LogP contribution in [0.15, 0.2) is 36.0 Å². The van der Waals surface area contributed by atoms with Crippen molar-refractivity contribution in [3.05, 3.63) is 46.6 Å². The third-order valence-corrected chi connectivity index (χ3v) is 4.19. The smallest absolute Gasteiger partial charge is 0.409 e. The summed E-state index contributed by atoms with van der Waals surface area (Å²) in [5, 5.41) is 12.5. The number of amides is 2. The van der Waals surface area contributed by atoms with Crippen LogP contribution in [0.5, 0.6) is 0 Å². The molecule has 8 heteroatoms. The van der Waals surface area contributed by atoms with Gasteiger partial charge in [-0.15, -0.1) is 0 Å². The van der Waals surface area contributed by atoms with Crippen LogP contribution in [0.1, 0.15) is 5.56 Å². The molecule has 0 aromatic heterocycles. The molecule has 0 atom stereocenters. The van der Waals surface area contributed by atoms with Crippen molar-refractivity contribution in [1.82, 2.24) is 15.1 Å². The summed E-state index contributed by atoms with van der Waals surface area (Å²) in [5.41, 5.74) is 0.792. The minimum atomic E-state index is -0.460. The molecule has 1 fully saturated rings. The zero-order valence-electron chi connectivity index (χ0n) is 13.9. The highest BCUT2D eigenvalue weighted by Gasteiger charge is 2.21. The first-order chi connectivity index (χ1) is 12.0. The number of hydrogen-bond acceptors (Lipinski definition) is 5. The number of nitriles is 1. The Hall–Kier alpha value is -2.72. The Morgan fingerprint density at radius 1 is 1.32 bits per heavy atom. The number of ether oxygens (including phenoxy) is 1. The molecular formula is C17H19ClN4O3. The zero-order chi connectivity index (χ0) is 18.2. The summed E-state index contributed by atoms with van der Waals surface area (Å²) in [6.45, 7) is 2.25. The summed E-state index contributed by atoms with van der Waals surface area (Å²) < 4.78 is 4.67. The average molecular weight is 363 g/mol. The molecule has 7 nitrogen and oxygen atoms in total. The van der Waals surface area contributed by atoms with Crippen LogP contribution in [0, 0.1) is 11.3 Å². The second-order valence-electron chi connectivity index (χ2n) is 5.42. The number of rotatable bonds is 4. The number of piperazine rings is 1. The summed E-state index contributed by atoms with van der Waals surface area (Å²) in [6, 6.07) is 9.10. The predicted molar refractivity (Wildman–Crippen MR) is 92.5 cm³/mol. The van der Waals surface area contributed by atoms with Gasteiger partial charge in [-0.3, -0.25) is 4.79 Å². The van der Waals surface area contributed by atoms with Gasteiger partial charge in [0, 0.05) is 43.9 Å². The molecular weight excluding hydrogens is 344 g/mol. The van der Waals surface area contributed by atoms with Crippen LogP contribution in [0.3, 0.4) is 0 Å². The lowest BCUT2D eigenvalue weighted by molar-refractivity contribution is -0.117. The van der Waals surface area contributed by atoms with Crippen molar-refractivity contribution in [3.63, 3.8) is 0 Å². The topological polar surface area (TPSA) is 85.7 Å². The van der Waals surface area contributed by atoms with E-state index in [-0.39, 0.29) is 18.2 Å². The average Bonchev–Trinajstić information content (AvgIpc) is 2.65. The van der Waals surface area contributed by atoms with Crippen LogP contribution in [0.25, 0.3) is 0 Å². The van der Waals surface area contributed by atoms with E-state index in [0.717, 1.165) is 5.56 Å². The van der Waals surface area contributed by atoms with Crippen LogP contribution in [-0.4, -0.2) is 55.1 Å². The highest BCUT2D eigenvalue weighted by atomic mass is 35.5. The number of carbonyl (C=O) groups excluding carboxylic acids is 2. The van der Waals surface area contributed by atoms with Gasteiger partial charge in [-0.2, -0.15) is 5.26 Å². The molecule has 2 amide bonds. The van der Waals surface area contributed by atoms with E-state index in [1.165, 1.54) is 13.3 Å². The van der Waals surface area contributed by atoms with E-state index < -0.39 is 5.91 Å². The predicted octanol–water partition coefficient (Wildman–Crippen LogP) is 1.75.